The Morgan fingerprint density at radius 2 is 1.82 bits per heavy atom. The second-order valence-corrected chi connectivity index (χ2v) is 5.43. The SMILES string of the molecule is COC(=O)C1(c2ccccc2)CC12CCCC2. The monoisotopic (exact) mass is 230 g/mol. The highest BCUT2D eigenvalue weighted by Gasteiger charge is 2.73. The zero-order chi connectivity index (χ0) is 11.9. The molecule has 0 heterocycles. The number of benzene rings is 1. The van der Waals surface area contributed by atoms with Crippen molar-refractivity contribution in [1.29, 1.82) is 0 Å². The third-order valence-electron chi connectivity index (χ3n) is 4.74. The maximum atomic E-state index is 12.2. The molecule has 1 aromatic rings. The molecule has 0 saturated heterocycles. The Morgan fingerprint density at radius 3 is 2.41 bits per heavy atom. The maximum absolute atomic E-state index is 12.2. The third kappa shape index (κ3) is 1.30. The first kappa shape index (κ1) is 10.8. The molecule has 3 rings (SSSR count). The van der Waals surface area contributed by atoms with Crippen LogP contribution in [0.2, 0.25) is 0 Å². The highest BCUT2D eigenvalue weighted by molar-refractivity contribution is 5.89. The molecule has 0 aliphatic heterocycles. The fourth-order valence-electron chi connectivity index (χ4n) is 3.83. The van der Waals surface area contributed by atoms with Gasteiger partial charge in [-0.15, -0.1) is 0 Å². The van der Waals surface area contributed by atoms with Crippen LogP contribution < -0.4 is 0 Å². The minimum atomic E-state index is -0.334. The first-order valence-electron chi connectivity index (χ1n) is 6.39. The van der Waals surface area contributed by atoms with Gasteiger partial charge in [-0.2, -0.15) is 0 Å². The lowest BCUT2D eigenvalue weighted by molar-refractivity contribution is -0.144. The molecule has 2 aliphatic rings. The summed E-state index contributed by atoms with van der Waals surface area (Å²) in [6.45, 7) is 0. The second kappa shape index (κ2) is 3.59. The first-order chi connectivity index (χ1) is 8.25. The highest BCUT2D eigenvalue weighted by atomic mass is 16.5. The molecular weight excluding hydrogens is 212 g/mol. The number of ether oxygens (including phenoxy) is 1. The van der Waals surface area contributed by atoms with Gasteiger partial charge in [0, 0.05) is 0 Å². The van der Waals surface area contributed by atoms with Crippen molar-refractivity contribution in [2.45, 2.75) is 37.5 Å². The first-order valence-corrected chi connectivity index (χ1v) is 6.39. The van der Waals surface area contributed by atoms with E-state index in [9.17, 15) is 4.79 Å². The van der Waals surface area contributed by atoms with E-state index < -0.39 is 0 Å². The molecule has 2 fully saturated rings. The van der Waals surface area contributed by atoms with E-state index in [1.54, 1.807) is 0 Å². The number of methoxy groups -OCH3 is 1. The molecule has 0 N–H and O–H groups in total. The highest BCUT2D eigenvalue weighted by Crippen LogP contribution is 2.72. The summed E-state index contributed by atoms with van der Waals surface area (Å²) in [5.41, 5.74) is 1.02. The molecule has 1 spiro atoms. The largest absolute Gasteiger partial charge is 0.468 e. The molecule has 0 aromatic heterocycles. The summed E-state index contributed by atoms with van der Waals surface area (Å²) < 4.78 is 5.08. The quantitative estimate of drug-likeness (QED) is 0.730. The molecule has 2 aliphatic carbocycles. The van der Waals surface area contributed by atoms with Gasteiger partial charge >= 0.3 is 5.97 Å². The number of carbonyl (C=O) groups excluding carboxylic acids is 1. The van der Waals surface area contributed by atoms with Crippen LogP contribution in [0, 0.1) is 5.41 Å². The number of carbonyl (C=O) groups is 1. The molecule has 1 unspecified atom stereocenters. The van der Waals surface area contributed by atoms with Crippen LogP contribution in [-0.2, 0) is 14.9 Å². The average molecular weight is 230 g/mol. The summed E-state index contributed by atoms with van der Waals surface area (Å²) in [5.74, 6) is -0.0365. The van der Waals surface area contributed by atoms with Gasteiger partial charge in [-0.3, -0.25) is 4.79 Å². The maximum Gasteiger partial charge on any atom is 0.316 e. The summed E-state index contributed by atoms with van der Waals surface area (Å²) in [5, 5.41) is 0. The summed E-state index contributed by atoms with van der Waals surface area (Å²) in [6, 6.07) is 10.2. The van der Waals surface area contributed by atoms with Crippen LogP contribution in [0.25, 0.3) is 0 Å². The van der Waals surface area contributed by atoms with Gasteiger partial charge in [0.25, 0.3) is 0 Å². The number of esters is 1. The van der Waals surface area contributed by atoms with Crippen molar-refractivity contribution in [2.75, 3.05) is 7.11 Å². The molecule has 2 heteroatoms. The topological polar surface area (TPSA) is 26.3 Å². The zero-order valence-electron chi connectivity index (χ0n) is 10.2. The molecule has 1 aromatic carbocycles. The Morgan fingerprint density at radius 1 is 1.18 bits per heavy atom. The average Bonchev–Trinajstić information content (AvgIpc) is 2.78. The summed E-state index contributed by atoms with van der Waals surface area (Å²) in [7, 11) is 1.51. The lowest BCUT2D eigenvalue weighted by Gasteiger charge is -2.20. The predicted octanol–water partition coefficient (Wildman–Crippen LogP) is 3.06. The smallest absolute Gasteiger partial charge is 0.316 e. The van der Waals surface area contributed by atoms with E-state index in [4.69, 9.17) is 4.74 Å². The van der Waals surface area contributed by atoms with Crippen molar-refractivity contribution < 1.29 is 9.53 Å². The predicted molar refractivity (Wildman–Crippen MR) is 65.7 cm³/mol. The van der Waals surface area contributed by atoms with Gasteiger partial charge in [0.2, 0.25) is 0 Å². The molecule has 2 nitrogen and oxygen atoms in total. The zero-order valence-corrected chi connectivity index (χ0v) is 10.2. The van der Waals surface area contributed by atoms with E-state index in [0.29, 0.717) is 0 Å². The van der Waals surface area contributed by atoms with Crippen LogP contribution in [0.1, 0.15) is 37.7 Å². The molecule has 90 valence electrons. The van der Waals surface area contributed by atoms with E-state index in [2.05, 4.69) is 12.1 Å². The number of hydrogen-bond donors (Lipinski definition) is 0. The van der Waals surface area contributed by atoms with Crippen LogP contribution in [0.5, 0.6) is 0 Å². The molecule has 0 radical (unpaired) electrons. The molecule has 0 amide bonds. The Hall–Kier alpha value is -1.31. The van der Waals surface area contributed by atoms with E-state index in [1.807, 2.05) is 18.2 Å². The fraction of sp³-hybridized carbons (Fsp3) is 0.533. The minimum Gasteiger partial charge on any atom is -0.468 e. The van der Waals surface area contributed by atoms with Crippen LogP contribution in [0.4, 0.5) is 0 Å². The van der Waals surface area contributed by atoms with Gasteiger partial charge in [-0.25, -0.2) is 0 Å². The lowest BCUT2D eigenvalue weighted by atomic mass is 9.85. The van der Waals surface area contributed by atoms with Gasteiger partial charge in [-0.1, -0.05) is 43.2 Å². The van der Waals surface area contributed by atoms with E-state index in [-0.39, 0.29) is 16.8 Å². The molecule has 0 bridgehead atoms. The van der Waals surface area contributed by atoms with Crippen molar-refractivity contribution in [3.63, 3.8) is 0 Å². The van der Waals surface area contributed by atoms with Gasteiger partial charge in [0.05, 0.1) is 12.5 Å². The van der Waals surface area contributed by atoms with Crippen molar-refractivity contribution in [1.82, 2.24) is 0 Å². The molecule has 2 saturated carbocycles. The standard InChI is InChI=1S/C15H18O2/c1-17-13(16)15(12-7-3-2-4-8-12)11-14(15)9-5-6-10-14/h2-4,7-8H,5-6,9-11H2,1H3. The summed E-state index contributed by atoms with van der Waals surface area (Å²) in [6.07, 6.45) is 5.85. The van der Waals surface area contributed by atoms with Gasteiger partial charge in [0.15, 0.2) is 0 Å². The van der Waals surface area contributed by atoms with Gasteiger partial charge in [-0.05, 0) is 30.2 Å². The number of rotatable bonds is 2. The van der Waals surface area contributed by atoms with E-state index in [0.717, 1.165) is 12.0 Å². The van der Waals surface area contributed by atoms with Crippen molar-refractivity contribution in [2.24, 2.45) is 5.41 Å². The minimum absolute atomic E-state index is 0.0365. The van der Waals surface area contributed by atoms with Crippen LogP contribution in [0.3, 0.4) is 0 Å². The lowest BCUT2D eigenvalue weighted by Crippen LogP contribution is -2.28. The van der Waals surface area contributed by atoms with Gasteiger partial charge < -0.3 is 4.74 Å². The van der Waals surface area contributed by atoms with Gasteiger partial charge in [0.1, 0.15) is 0 Å². The van der Waals surface area contributed by atoms with Crippen molar-refractivity contribution >= 4 is 5.97 Å². The van der Waals surface area contributed by atoms with Crippen molar-refractivity contribution in [3.8, 4) is 0 Å². The normalized spacial score (nSPS) is 29.2. The second-order valence-electron chi connectivity index (χ2n) is 5.43. The third-order valence-corrected chi connectivity index (χ3v) is 4.74. The molecular formula is C15H18O2. The van der Waals surface area contributed by atoms with Crippen LogP contribution >= 0.6 is 0 Å². The van der Waals surface area contributed by atoms with Crippen molar-refractivity contribution in [3.05, 3.63) is 35.9 Å². The van der Waals surface area contributed by atoms with E-state index >= 15 is 0 Å². The fourth-order valence-corrected chi connectivity index (χ4v) is 3.83. The summed E-state index contributed by atoms with van der Waals surface area (Å²) in [4.78, 5) is 12.2. The van der Waals surface area contributed by atoms with Crippen LogP contribution in [0.15, 0.2) is 30.3 Å². The Bertz CT molecular complexity index is 431. The molecule has 1 atom stereocenters. The Kier molecular flexibility index (Phi) is 2.29. The van der Waals surface area contributed by atoms with E-state index in [1.165, 1.54) is 32.8 Å². The van der Waals surface area contributed by atoms with Crippen LogP contribution in [-0.4, -0.2) is 13.1 Å². The number of hydrogen-bond acceptors (Lipinski definition) is 2. The Labute approximate surface area is 102 Å². The summed E-state index contributed by atoms with van der Waals surface area (Å²) >= 11 is 0. The Balaban J connectivity index is 2.03. The molecule has 17 heavy (non-hydrogen) atoms.